The Labute approximate surface area is 64.6 Å². The molecule has 1 rings (SSSR count). The lowest BCUT2D eigenvalue weighted by Crippen LogP contribution is -2.29. The van der Waals surface area contributed by atoms with Gasteiger partial charge in [0.1, 0.15) is 11.4 Å². The van der Waals surface area contributed by atoms with E-state index in [0.29, 0.717) is 0 Å². The highest BCUT2D eigenvalue weighted by molar-refractivity contribution is 7.74. The molecule has 0 radical (unpaired) electrons. The Hall–Kier alpha value is -0.790. The molecule has 0 aromatic rings. The van der Waals surface area contributed by atoms with E-state index in [1.807, 2.05) is 0 Å². The quantitative estimate of drug-likeness (QED) is 0.394. The molecule has 0 spiro atoms. The van der Waals surface area contributed by atoms with Crippen molar-refractivity contribution in [3.8, 4) is 0 Å². The number of hydrogen-bond acceptors (Lipinski definition) is 5. The second-order valence-electron chi connectivity index (χ2n) is 1.86. The summed E-state index contributed by atoms with van der Waals surface area (Å²) in [5.74, 6) is -1.25. The Morgan fingerprint density at radius 1 is 1.36 bits per heavy atom. The minimum absolute atomic E-state index is 0.00995. The van der Waals surface area contributed by atoms with E-state index >= 15 is 0 Å². The third kappa shape index (κ3) is 1.82. The van der Waals surface area contributed by atoms with Gasteiger partial charge in [-0.15, -0.1) is 5.06 Å². The van der Waals surface area contributed by atoms with Crippen molar-refractivity contribution in [1.82, 2.24) is 5.06 Å². The fourth-order valence-electron chi connectivity index (χ4n) is 0.700. The molecule has 0 N–H and O–H groups in total. The minimum Gasteiger partial charge on any atom is -0.748 e. The number of carbonyl (C=O) groups is 2. The maximum Gasteiger partial charge on any atom is 0.255 e. The molecule has 1 unspecified atom stereocenters. The average molecular weight is 178 g/mol. The molecule has 0 aromatic heterocycles. The van der Waals surface area contributed by atoms with Crippen molar-refractivity contribution < 1.29 is 22.6 Å². The first-order valence-electron chi connectivity index (χ1n) is 2.75. The second kappa shape index (κ2) is 3.07. The molecular weight excluding hydrogens is 174 g/mol. The largest absolute Gasteiger partial charge is 0.748 e. The van der Waals surface area contributed by atoms with Gasteiger partial charge in [-0.3, -0.25) is 9.59 Å². The van der Waals surface area contributed by atoms with Crippen LogP contribution in [0, 0.1) is 0 Å². The summed E-state index contributed by atoms with van der Waals surface area (Å²) < 4.78 is 23.6. The fourth-order valence-corrected chi connectivity index (χ4v) is 0.988. The van der Waals surface area contributed by atoms with E-state index in [1.165, 1.54) is 0 Å². The molecule has 2 amide bonds. The number of amides is 2. The van der Waals surface area contributed by atoms with E-state index in [9.17, 15) is 18.4 Å². The highest BCUT2D eigenvalue weighted by Gasteiger charge is 2.30. The Kier molecular flexibility index (Phi) is 2.32. The van der Waals surface area contributed by atoms with E-state index in [-0.39, 0.29) is 17.9 Å². The monoisotopic (exact) mass is 178 g/mol. The topological polar surface area (TPSA) is 86.7 Å². The van der Waals surface area contributed by atoms with Crippen LogP contribution < -0.4 is 0 Å². The van der Waals surface area contributed by atoms with Crippen LogP contribution in [0.3, 0.4) is 0 Å². The van der Waals surface area contributed by atoms with Gasteiger partial charge in [0.15, 0.2) is 0 Å². The molecule has 1 fully saturated rings. The highest BCUT2D eigenvalue weighted by atomic mass is 32.2. The van der Waals surface area contributed by atoms with Gasteiger partial charge in [-0.1, -0.05) is 0 Å². The molecule has 0 aromatic carbocycles. The zero-order valence-corrected chi connectivity index (χ0v) is 6.13. The molecular formula is C4H4NO5S-. The van der Waals surface area contributed by atoms with Gasteiger partial charge in [0, 0.05) is 12.8 Å². The first-order valence-corrected chi connectivity index (χ1v) is 3.75. The van der Waals surface area contributed by atoms with E-state index in [0.717, 1.165) is 0 Å². The van der Waals surface area contributed by atoms with Crippen LogP contribution in [-0.4, -0.2) is 25.6 Å². The standard InChI is InChI=1S/C4H5NO5S/c6-3-1-2-4(7)5(3)10-11(8)9/h1-2H2,(H,8,9)/p-1. The fraction of sp³-hybridized carbons (Fsp3) is 0.500. The van der Waals surface area contributed by atoms with E-state index in [1.54, 1.807) is 0 Å². The SMILES string of the molecule is O=C1CCC(=O)N1OS(=O)[O-]. The van der Waals surface area contributed by atoms with Gasteiger partial charge < -0.3 is 4.55 Å². The smallest absolute Gasteiger partial charge is 0.255 e. The Morgan fingerprint density at radius 2 is 1.82 bits per heavy atom. The van der Waals surface area contributed by atoms with Crippen LogP contribution in [0.15, 0.2) is 0 Å². The van der Waals surface area contributed by atoms with Crippen LogP contribution in [0.1, 0.15) is 12.8 Å². The number of hydrogen-bond donors (Lipinski definition) is 0. The lowest BCUT2D eigenvalue weighted by molar-refractivity contribution is -0.163. The molecule has 6 nitrogen and oxygen atoms in total. The van der Waals surface area contributed by atoms with Crippen LogP contribution in [0.5, 0.6) is 0 Å². The van der Waals surface area contributed by atoms with Gasteiger partial charge in [0.25, 0.3) is 11.8 Å². The van der Waals surface area contributed by atoms with E-state index < -0.39 is 23.2 Å². The third-order valence-electron chi connectivity index (χ3n) is 1.14. The summed E-state index contributed by atoms with van der Waals surface area (Å²) in [6.45, 7) is 0. The summed E-state index contributed by atoms with van der Waals surface area (Å²) in [6, 6.07) is 0. The molecule has 1 aliphatic heterocycles. The van der Waals surface area contributed by atoms with Gasteiger partial charge in [-0.25, -0.2) is 4.21 Å². The summed E-state index contributed by atoms with van der Waals surface area (Å²) in [6.07, 6.45) is 0.0199. The van der Waals surface area contributed by atoms with Crippen molar-refractivity contribution in [2.45, 2.75) is 12.8 Å². The van der Waals surface area contributed by atoms with Gasteiger partial charge in [0.2, 0.25) is 0 Å². The zero-order valence-electron chi connectivity index (χ0n) is 5.31. The molecule has 1 heterocycles. The highest BCUT2D eigenvalue weighted by Crippen LogP contribution is 2.12. The van der Waals surface area contributed by atoms with Crippen molar-refractivity contribution in [3.05, 3.63) is 0 Å². The summed E-state index contributed by atoms with van der Waals surface area (Å²) in [5.41, 5.74) is 0. The maximum absolute atomic E-state index is 10.6. The number of nitrogens with zero attached hydrogens (tertiary/aromatic N) is 1. The first kappa shape index (κ1) is 8.31. The van der Waals surface area contributed by atoms with Crippen LogP contribution in [-0.2, 0) is 25.2 Å². The Morgan fingerprint density at radius 3 is 2.18 bits per heavy atom. The summed E-state index contributed by atoms with van der Waals surface area (Å²) >= 11 is -2.86. The van der Waals surface area contributed by atoms with Crippen molar-refractivity contribution in [3.63, 3.8) is 0 Å². The predicted octanol–water partition coefficient (Wildman–Crippen LogP) is -1.14. The minimum atomic E-state index is -2.86. The molecule has 0 saturated carbocycles. The average Bonchev–Trinajstić information content (AvgIpc) is 2.18. The van der Waals surface area contributed by atoms with Crippen molar-refractivity contribution in [2.24, 2.45) is 0 Å². The molecule has 1 aliphatic rings. The maximum atomic E-state index is 10.6. The van der Waals surface area contributed by atoms with Crippen LogP contribution >= 0.6 is 0 Å². The zero-order chi connectivity index (χ0) is 8.43. The summed E-state index contributed by atoms with van der Waals surface area (Å²) in [5, 5.41) is 0.253. The van der Waals surface area contributed by atoms with Gasteiger partial charge in [0.05, 0.1) is 0 Å². The number of rotatable bonds is 2. The predicted molar refractivity (Wildman–Crippen MR) is 31.1 cm³/mol. The van der Waals surface area contributed by atoms with E-state index in [2.05, 4.69) is 4.28 Å². The number of hydroxylamine groups is 2. The molecule has 7 heteroatoms. The Bertz CT molecular complexity index is 211. The van der Waals surface area contributed by atoms with Gasteiger partial charge in [-0.2, -0.15) is 4.28 Å². The molecule has 0 bridgehead atoms. The third-order valence-corrected chi connectivity index (χ3v) is 1.41. The Balaban J connectivity index is 2.62. The summed E-state index contributed by atoms with van der Waals surface area (Å²) in [7, 11) is 0. The number of carbonyl (C=O) groups excluding carboxylic acids is 2. The van der Waals surface area contributed by atoms with Crippen molar-refractivity contribution in [1.29, 1.82) is 0 Å². The molecule has 1 saturated heterocycles. The molecule has 11 heavy (non-hydrogen) atoms. The van der Waals surface area contributed by atoms with Gasteiger partial charge >= 0.3 is 0 Å². The van der Waals surface area contributed by atoms with Crippen molar-refractivity contribution >= 4 is 23.2 Å². The normalized spacial score (nSPS) is 21.0. The number of imide groups is 1. The lowest BCUT2D eigenvalue weighted by atomic mass is 10.4. The van der Waals surface area contributed by atoms with Crippen LogP contribution in [0.4, 0.5) is 0 Å². The van der Waals surface area contributed by atoms with Crippen LogP contribution in [0.2, 0.25) is 0 Å². The second-order valence-corrected chi connectivity index (χ2v) is 2.42. The molecule has 0 aliphatic carbocycles. The summed E-state index contributed by atoms with van der Waals surface area (Å²) in [4.78, 5) is 21.3. The molecule has 1 atom stereocenters. The first-order chi connectivity index (χ1) is 5.11. The molecule has 62 valence electrons. The van der Waals surface area contributed by atoms with Crippen LogP contribution in [0.25, 0.3) is 0 Å². The van der Waals surface area contributed by atoms with E-state index in [4.69, 9.17) is 0 Å². The lowest BCUT2D eigenvalue weighted by Gasteiger charge is -2.12. The van der Waals surface area contributed by atoms with Crippen molar-refractivity contribution in [2.75, 3.05) is 0 Å². The van der Waals surface area contributed by atoms with Gasteiger partial charge in [-0.05, 0) is 0 Å².